The number of carbonyl (C=O) groups excluding carboxylic acids is 1. The van der Waals surface area contributed by atoms with Crippen LogP contribution in [0.25, 0.3) is 11.0 Å². The van der Waals surface area contributed by atoms with Crippen molar-refractivity contribution in [3.8, 4) is 0 Å². The molecule has 156 valence electrons. The third-order valence-corrected chi connectivity index (χ3v) is 4.94. The molecular formula is C21H24N6O3. The van der Waals surface area contributed by atoms with Gasteiger partial charge >= 0.3 is 0 Å². The number of amides is 1. The number of hydrogen-bond donors (Lipinski definition) is 2. The lowest BCUT2D eigenvalue weighted by Gasteiger charge is -2.32. The second-order valence-electron chi connectivity index (χ2n) is 6.92. The smallest absolute Gasteiger partial charge is 0.290 e. The van der Waals surface area contributed by atoms with Crippen molar-refractivity contribution in [3.05, 3.63) is 54.2 Å². The Hall–Kier alpha value is -3.62. The van der Waals surface area contributed by atoms with Gasteiger partial charge in [0, 0.05) is 30.9 Å². The van der Waals surface area contributed by atoms with Crippen molar-refractivity contribution >= 4 is 29.2 Å². The van der Waals surface area contributed by atoms with Gasteiger partial charge in [-0.25, -0.2) is 15.0 Å². The molecule has 4 heterocycles. The highest BCUT2D eigenvalue weighted by atomic mass is 16.3. The minimum atomic E-state index is -0.250. The van der Waals surface area contributed by atoms with Crippen LogP contribution in [0.4, 0.5) is 5.82 Å². The van der Waals surface area contributed by atoms with E-state index in [9.17, 15) is 4.79 Å². The summed E-state index contributed by atoms with van der Waals surface area (Å²) < 4.78 is 0. The van der Waals surface area contributed by atoms with Crippen molar-refractivity contribution in [1.29, 1.82) is 0 Å². The van der Waals surface area contributed by atoms with Crippen LogP contribution < -0.4 is 10.2 Å². The van der Waals surface area contributed by atoms with Crippen molar-refractivity contribution in [3.63, 3.8) is 0 Å². The van der Waals surface area contributed by atoms with Crippen molar-refractivity contribution in [1.82, 2.24) is 25.3 Å². The molecule has 1 saturated heterocycles. The van der Waals surface area contributed by atoms with Gasteiger partial charge in [0.15, 0.2) is 5.82 Å². The minimum absolute atomic E-state index is 0.0211. The first-order valence-electron chi connectivity index (χ1n) is 9.71. The van der Waals surface area contributed by atoms with Gasteiger partial charge in [0.2, 0.25) is 5.91 Å². The van der Waals surface area contributed by atoms with Gasteiger partial charge in [0.25, 0.3) is 6.47 Å². The second-order valence-corrected chi connectivity index (χ2v) is 6.92. The summed E-state index contributed by atoms with van der Waals surface area (Å²) in [7, 11) is 0. The number of aryl methyl sites for hydroxylation is 1. The predicted molar refractivity (Wildman–Crippen MR) is 112 cm³/mol. The van der Waals surface area contributed by atoms with Crippen LogP contribution in [-0.4, -0.2) is 50.5 Å². The summed E-state index contributed by atoms with van der Waals surface area (Å²) in [4.78, 5) is 40.7. The van der Waals surface area contributed by atoms with E-state index in [1.165, 1.54) is 0 Å². The number of pyridine rings is 2. The Morgan fingerprint density at radius 1 is 1.20 bits per heavy atom. The van der Waals surface area contributed by atoms with Gasteiger partial charge < -0.3 is 15.3 Å². The molecular weight excluding hydrogens is 384 g/mol. The quantitative estimate of drug-likeness (QED) is 0.629. The van der Waals surface area contributed by atoms with E-state index in [1.807, 2.05) is 37.3 Å². The van der Waals surface area contributed by atoms with Gasteiger partial charge in [-0.3, -0.25) is 14.6 Å². The first-order chi connectivity index (χ1) is 14.6. The molecule has 2 N–H and O–H groups in total. The minimum Gasteiger partial charge on any atom is -0.483 e. The highest BCUT2D eigenvalue weighted by Crippen LogP contribution is 2.26. The molecule has 0 atom stereocenters. The number of anilines is 1. The lowest BCUT2D eigenvalue weighted by atomic mass is 9.96. The number of hydrogen-bond acceptors (Lipinski definition) is 7. The molecule has 0 bridgehead atoms. The number of carboxylic acid groups (broad SMARTS) is 1. The molecule has 3 aromatic rings. The Kier molecular flexibility index (Phi) is 7.20. The summed E-state index contributed by atoms with van der Waals surface area (Å²) in [5.74, 6) is 0.977. The zero-order chi connectivity index (χ0) is 21.3. The lowest BCUT2D eigenvalue weighted by molar-refractivity contribution is -0.126. The Bertz CT molecular complexity index is 990. The molecule has 1 fully saturated rings. The molecule has 9 heteroatoms. The Morgan fingerprint density at radius 2 is 1.97 bits per heavy atom. The van der Waals surface area contributed by atoms with Gasteiger partial charge in [-0.15, -0.1) is 0 Å². The SMILES string of the molecule is Cc1ccc2ncnc(N3CCC(C(=O)NCc4ccccn4)CC3)c2n1.O=CO. The molecule has 0 radical (unpaired) electrons. The van der Waals surface area contributed by atoms with E-state index >= 15 is 0 Å². The van der Waals surface area contributed by atoms with Gasteiger partial charge in [0.1, 0.15) is 11.8 Å². The average molecular weight is 408 g/mol. The highest BCUT2D eigenvalue weighted by Gasteiger charge is 2.26. The molecule has 1 aliphatic rings. The molecule has 1 amide bonds. The van der Waals surface area contributed by atoms with E-state index in [-0.39, 0.29) is 18.3 Å². The van der Waals surface area contributed by atoms with Crippen LogP contribution in [0.15, 0.2) is 42.9 Å². The summed E-state index contributed by atoms with van der Waals surface area (Å²) in [6.45, 7) is 3.75. The standard InChI is InChI=1S/C20H22N6O.CH2O2/c1-14-5-6-17-18(25-14)19(24-13-23-17)26-10-7-15(8-11-26)20(27)22-12-16-4-2-3-9-21-16;2-1-3/h2-6,9,13,15H,7-8,10-12H2,1H3,(H,22,27);1H,(H,2,3). The third-order valence-electron chi connectivity index (χ3n) is 4.94. The van der Waals surface area contributed by atoms with Gasteiger partial charge in [-0.1, -0.05) is 6.07 Å². The summed E-state index contributed by atoms with van der Waals surface area (Å²) >= 11 is 0. The summed E-state index contributed by atoms with van der Waals surface area (Å²) in [6.07, 6.45) is 4.92. The van der Waals surface area contributed by atoms with Crippen molar-refractivity contribution in [2.24, 2.45) is 5.92 Å². The maximum atomic E-state index is 12.5. The van der Waals surface area contributed by atoms with Crippen molar-refractivity contribution < 1.29 is 14.7 Å². The normalized spacial score (nSPS) is 14.0. The zero-order valence-corrected chi connectivity index (χ0v) is 16.7. The van der Waals surface area contributed by atoms with Crippen molar-refractivity contribution in [2.75, 3.05) is 18.0 Å². The van der Waals surface area contributed by atoms with Crippen molar-refractivity contribution in [2.45, 2.75) is 26.3 Å². The number of aromatic nitrogens is 4. The fourth-order valence-corrected chi connectivity index (χ4v) is 3.43. The zero-order valence-electron chi connectivity index (χ0n) is 16.7. The van der Waals surface area contributed by atoms with Gasteiger partial charge in [-0.05, 0) is 44.0 Å². The van der Waals surface area contributed by atoms with E-state index in [4.69, 9.17) is 9.90 Å². The molecule has 0 unspecified atom stereocenters. The monoisotopic (exact) mass is 408 g/mol. The molecule has 0 aliphatic carbocycles. The van der Waals surface area contributed by atoms with Gasteiger partial charge in [-0.2, -0.15) is 0 Å². The maximum absolute atomic E-state index is 12.5. The largest absolute Gasteiger partial charge is 0.483 e. The van der Waals surface area contributed by atoms with Crippen LogP contribution in [-0.2, 0) is 16.1 Å². The Labute approximate surface area is 174 Å². The molecule has 0 saturated carbocycles. The number of fused-ring (bicyclic) bond motifs is 1. The predicted octanol–water partition coefficient (Wildman–Crippen LogP) is 1.96. The molecule has 9 nitrogen and oxygen atoms in total. The number of carbonyl (C=O) groups is 2. The first-order valence-corrected chi connectivity index (χ1v) is 9.71. The first kappa shape index (κ1) is 21.1. The van der Waals surface area contributed by atoms with Crippen LogP contribution in [0.5, 0.6) is 0 Å². The fraction of sp³-hybridized carbons (Fsp3) is 0.333. The fourth-order valence-electron chi connectivity index (χ4n) is 3.43. The summed E-state index contributed by atoms with van der Waals surface area (Å²) in [6, 6.07) is 9.64. The highest BCUT2D eigenvalue weighted by molar-refractivity contribution is 5.85. The Morgan fingerprint density at radius 3 is 2.67 bits per heavy atom. The van der Waals surface area contributed by atoms with E-state index in [0.29, 0.717) is 6.54 Å². The number of nitrogens with zero attached hydrogens (tertiary/aromatic N) is 5. The molecule has 1 aliphatic heterocycles. The van der Waals surface area contributed by atoms with E-state index < -0.39 is 0 Å². The number of piperidine rings is 1. The lowest BCUT2D eigenvalue weighted by Crippen LogP contribution is -2.40. The molecule has 3 aromatic heterocycles. The third kappa shape index (κ3) is 5.25. The van der Waals surface area contributed by atoms with Crippen LogP contribution in [0.1, 0.15) is 24.2 Å². The molecule has 30 heavy (non-hydrogen) atoms. The second kappa shape index (κ2) is 10.2. The molecule has 0 aromatic carbocycles. The van der Waals surface area contributed by atoms with Gasteiger partial charge in [0.05, 0.1) is 17.8 Å². The number of nitrogens with one attached hydrogen (secondary N) is 1. The summed E-state index contributed by atoms with van der Waals surface area (Å²) in [5, 5.41) is 9.89. The average Bonchev–Trinajstić information content (AvgIpc) is 2.78. The Balaban J connectivity index is 0.000000806. The van der Waals surface area contributed by atoms with Crippen LogP contribution >= 0.6 is 0 Å². The van der Waals surface area contributed by atoms with Crippen LogP contribution in [0.3, 0.4) is 0 Å². The van der Waals surface area contributed by atoms with E-state index in [0.717, 1.165) is 54.2 Å². The van der Waals surface area contributed by atoms with E-state index in [2.05, 4.69) is 30.2 Å². The molecule has 0 spiro atoms. The van der Waals surface area contributed by atoms with Crippen LogP contribution in [0.2, 0.25) is 0 Å². The topological polar surface area (TPSA) is 121 Å². The summed E-state index contributed by atoms with van der Waals surface area (Å²) in [5.41, 5.74) is 3.50. The van der Waals surface area contributed by atoms with E-state index in [1.54, 1.807) is 12.5 Å². The molecule has 4 rings (SSSR count). The van der Waals surface area contributed by atoms with Crippen LogP contribution in [0, 0.1) is 12.8 Å². The number of rotatable bonds is 4. The maximum Gasteiger partial charge on any atom is 0.290 e.